The lowest BCUT2D eigenvalue weighted by atomic mass is 10.1. The zero-order valence-electron chi connectivity index (χ0n) is 10.3. The summed E-state index contributed by atoms with van der Waals surface area (Å²) < 4.78 is 5.84. The minimum atomic E-state index is -0.252. The van der Waals surface area contributed by atoms with Crippen LogP contribution in [0.3, 0.4) is 0 Å². The first-order chi connectivity index (χ1) is 7.07. The van der Waals surface area contributed by atoms with Gasteiger partial charge in [0.15, 0.2) is 5.72 Å². The van der Waals surface area contributed by atoms with Gasteiger partial charge in [0.05, 0.1) is 6.10 Å². The van der Waals surface area contributed by atoms with Crippen molar-refractivity contribution in [3.05, 3.63) is 12.7 Å². The van der Waals surface area contributed by atoms with Gasteiger partial charge in [-0.2, -0.15) is 0 Å². The first kappa shape index (κ1) is 12.4. The van der Waals surface area contributed by atoms with E-state index in [2.05, 4.69) is 25.4 Å². The van der Waals surface area contributed by atoms with Gasteiger partial charge < -0.3 is 4.74 Å². The van der Waals surface area contributed by atoms with E-state index in [0.717, 1.165) is 18.6 Å². The summed E-state index contributed by atoms with van der Waals surface area (Å²) in [5.74, 6) is 0. The summed E-state index contributed by atoms with van der Waals surface area (Å²) in [6, 6.07) is 0. The van der Waals surface area contributed by atoms with Crippen molar-refractivity contribution in [3.63, 3.8) is 0 Å². The number of nitrogens with zero attached hydrogens (tertiary/aromatic N) is 1. The van der Waals surface area contributed by atoms with Crippen molar-refractivity contribution < 1.29 is 4.74 Å². The molecule has 2 heteroatoms. The average Bonchev–Trinajstić information content (AvgIpc) is 2.41. The summed E-state index contributed by atoms with van der Waals surface area (Å²) in [5, 5.41) is 0. The summed E-state index contributed by atoms with van der Waals surface area (Å²) in [5.41, 5.74) is 0.876. The fraction of sp³-hybridized carbons (Fsp3) is 0.769. The normalized spacial score (nSPS) is 30.3. The van der Waals surface area contributed by atoms with E-state index < -0.39 is 0 Å². The molecule has 0 fully saturated rings. The third-order valence-corrected chi connectivity index (χ3v) is 2.98. The summed E-state index contributed by atoms with van der Waals surface area (Å²) in [7, 11) is 0. The molecule has 0 radical (unpaired) electrons. The van der Waals surface area contributed by atoms with Crippen LogP contribution >= 0.6 is 0 Å². The van der Waals surface area contributed by atoms with Crippen molar-refractivity contribution in [3.8, 4) is 0 Å². The molecule has 0 spiro atoms. The van der Waals surface area contributed by atoms with Crippen molar-refractivity contribution >= 4 is 5.71 Å². The molecule has 0 N–H and O–H groups in total. The van der Waals surface area contributed by atoms with E-state index in [9.17, 15) is 0 Å². The highest BCUT2D eigenvalue weighted by atomic mass is 16.5. The number of hydrogen-bond donors (Lipinski definition) is 0. The molecule has 0 aromatic rings. The molecule has 0 saturated heterocycles. The maximum absolute atomic E-state index is 5.84. The van der Waals surface area contributed by atoms with Gasteiger partial charge in [-0.1, -0.05) is 12.5 Å². The highest BCUT2D eigenvalue weighted by molar-refractivity contribution is 5.87. The van der Waals surface area contributed by atoms with Gasteiger partial charge in [-0.25, -0.2) is 0 Å². The van der Waals surface area contributed by atoms with Gasteiger partial charge in [-0.05, 0) is 46.5 Å². The van der Waals surface area contributed by atoms with Crippen LogP contribution in [0, 0.1) is 0 Å². The lowest BCUT2D eigenvalue weighted by Crippen LogP contribution is -2.24. The van der Waals surface area contributed by atoms with Gasteiger partial charge in [0.2, 0.25) is 0 Å². The summed E-state index contributed by atoms with van der Waals surface area (Å²) in [6.07, 6.45) is 8.00. The van der Waals surface area contributed by atoms with Crippen molar-refractivity contribution in [2.45, 2.75) is 64.7 Å². The minimum absolute atomic E-state index is 0.197. The molecule has 0 aliphatic carbocycles. The van der Waals surface area contributed by atoms with Crippen LogP contribution in [0.1, 0.15) is 52.9 Å². The van der Waals surface area contributed by atoms with E-state index in [1.54, 1.807) is 0 Å². The zero-order valence-corrected chi connectivity index (χ0v) is 10.3. The predicted octanol–water partition coefficient (Wildman–Crippen LogP) is 3.72. The number of allylic oxidation sites excluding steroid dienone is 1. The second kappa shape index (κ2) is 5.45. The molecular weight excluding hydrogens is 186 g/mol. The lowest BCUT2D eigenvalue weighted by molar-refractivity contribution is -0.0292. The van der Waals surface area contributed by atoms with E-state index in [1.165, 1.54) is 19.3 Å². The van der Waals surface area contributed by atoms with Crippen LogP contribution in [0.4, 0.5) is 0 Å². The summed E-state index contributed by atoms with van der Waals surface area (Å²) >= 11 is 0. The Labute approximate surface area is 93.4 Å². The Balaban J connectivity index is 2.24. The van der Waals surface area contributed by atoms with Gasteiger partial charge in [-0.3, -0.25) is 4.99 Å². The number of ether oxygens (including phenoxy) is 1. The van der Waals surface area contributed by atoms with Crippen molar-refractivity contribution in [1.29, 1.82) is 0 Å². The molecule has 2 unspecified atom stereocenters. The van der Waals surface area contributed by atoms with Crippen LogP contribution in [0.2, 0.25) is 0 Å². The molecule has 1 rings (SSSR count). The molecule has 2 atom stereocenters. The molecular formula is C13H23NO. The summed E-state index contributed by atoms with van der Waals surface area (Å²) in [6.45, 7) is 9.93. The van der Waals surface area contributed by atoms with Gasteiger partial charge >= 0.3 is 0 Å². The van der Waals surface area contributed by atoms with Gasteiger partial charge in [0.25, 0.3) is 0 Å². The third kappa shape index (κ3) is 3.78. The fourth-order valence-electron chi connectivity index (χ4n) is 1.99. The van der Waals surface area contributed by atoms with Gasteiger partial charge in [0, 0.05) is 5.71 Å². The molecule has 86 valence electrons. The molecule has 1 aliphatic heterocycles. The molecule has 1 heterocycles. The van der Waals surface area contributed by atoms with Crippen LogP contribution in [-0.2, 0) is 4.74 Å². The maximum atomic E-state index is 5.84. The first-order valence-corrected chi connectivity index (χ1v) is 5.92. The first-order valence-electron chi connectivity index (χ1n) is 5.92. The number of hydrogen-bond acceptors (Lipinski definition) is 2. The van der Waals surface area contributed by atoms with Crippen molar-refractivity contribution in [2.24, 2.45) is 4.99 Å². The van der Waals surface area contributed by atoms with E-state index in [0.29, 0.717) is 0 Å². The van der Waals surface area contributed by atoms with Gasteiger partial charge in [-0.15, -0.1) is 6.58 Å². The second-order valence-electron chi connectivity index (χ2n) is 4.58. The molecule has 2 nitrogen and oxygen atoms in total. The van der Waals surface area contributed by atoms with E-state index in [-0.39, 0.29) is 11.8 Å². The maximum Gasteiger partial charge on any atom is 0.157 e. The second-order valence-corrected chi connectivity index (χ2v) is 4.58. The predicted molar refractivity (Wildman–Crippen MR) is 65.3 cm³/mol. The van der Waals surface area contributed by atoms with Crippen molar-refractivity contribution in [2.75, 3.05) is 0 Å². The standard InChI is InChI=1S/C13H23NO/c1-5-6-7-8-9-10-13(4)14-11(2)12(3)15-13/h5,12H,1,6-10H2,2-4H3. The number of aliphatic imine (C=N–C) groups is 1. The highest BCUT2D eigenvalue weighted by Crippen LogP contribution is 2.28. The Morgan fingerprint density at radius 2 is 2.20 bits per heavy atom. The Kier molecular flexibility index (Phi) is 4.52. The number of rotatable bonds is 6. The Morgan fingerprint density at radius 1 is 1.47 bits per heavy atom. The quantitative estimate of drug-likeness (QED) is 0.482. The van der Waals surface area contributed by atoms with Crippen LogP contribution in [0.15, 0.2) is 17.6 Å². The Bertz CT molecular complexity index is 247. The van der Waals surface area contributed by atoms with Gasteiger partial charge in [0.1, 0.15) is 0 Å². The number of unbranched alkanes of at least 4 members (excludes halogenated alkanes) is 3. The fourth-order valence-corrected chi connectivity index (χ4v) is 1.99. The molecule has 0 aromatic heterocycles. The smallest absolute Gasteiger partial charge is 0.157 e. The van der Waals surface area contributed by atoms with Crippen LogP contribution in [-0.4, -0.2) is 17.5 Å². The van der Waals surface area contributed by atoms with E-state index >= 15 is 0 Å². The van der Waals surface area contributed by atoms with E-state index in [4.69, 9.17) is 4.74 Å². The molecule has 0 aromatic carbocycles. The Morgan fingerprint density at radius 3 is 2.73 bits per heavy atom. The molecule has 1 aliphatic rings. The lowest BCUT2D eigenvalue weighted by Gasteiger charge is -2.21. The Hall–Kier alpha value is -0.630. The van der Waals surface area contributed by atoms with Crippen LogP contribution < -0.4 is 0 Å². The zero-order chi connectivity index (χ0) is 11.3. The average molecular weight is 209 g/mol. The summed E-state index contributed by atoms with van der Waals surface area (Å²) in [4.78, 5) is 4.59. The molecule has 0 bridgehead atoms. The largest absolute Gasteiger partial charge is 0.345 e. The van der Waals surface area contributed by atoms with E-state index in [1.807, 2.05) is 13.0 Å². The monoisotopic (exact) mass is 209 g/mol. The van der Waals surface area contributed by atoms with Crippen LogP contribution in [0.5, 0.6) is 0 Å². The third-order valence-electron chi connectivity index (χ3n) is 2.98. The highest BCUT2D eigenvalue weighted by Gasteiger charge is 2.32. The molecule has 15 heavy (non-hydrogen) atoms. The molecule has 0 saturated carbocycles. The van der Waals surface area contributed by atoms with Crippen molar-refractivity contribution in [1.82, 2.24) is 0 Å². The topological polar surface area (TPSA) is 21.6 Å². The minimum Gasteiger partial charge on any atom is -0.345 e. The van der Waals surface area contributed by atoms with Crippen LogP contribution in [0.25, 0.3) is 0 Å². The molecule has 0 amide bonds. The SMILES string of the molecule is C=CCCCCCC1(C)N=C(C)C(C)O1.